The van der Waals surface area contributed by atoms with Gasteiger partial charge in [-0.2, -0.15) is 0 Å². The van der Waals surface area contributed by atoms with E-state index in [0.29, 0.717) is 5.56 Å². The Balaban J connectivity index is 2.06. The first kappa shape index (κ1) is 13.6. The lowest BCUT2D eigenvalue weighted by molar-refractivity contribution is 0.100. The highest BCUT2D eigenvalue weighted by Crippen LogP contribution is 2.31. The highest BCUT2D eigenvalue weighted by Gasteiger charge is 2.16. The van der Waals surface area contributed by atoms with Crippen LogP contribution >= 0.6 is 0 Å². The van der Waals surface area contributed by atoms with E-state index in [2.05, 4.69) is 28.8 Å². The number of primary amides is 1. The van der Waals surface area contributed by atoms with Crippen LogP contribution in [-0.4, -0.2) is 10.5 Å². The second-order valence-electron chi connectivity index (χ2n) is 5.57. The van der Waals surface area contributed by atoms with Gasteiger partial charge in [0.25, 0.3) is 0 Å². The molecule has 4 aromatic rings. The molecule has 2 N–H and O–H groups in total. The molecule has 0 aliphatic heterocycles. The second kappa shape index (κ2) is 5.29. The van der Waals surface area contributed by atoms with Crippen LogP contribution in [0.3, 0.4) is 0 Å². The van der Waals surface area contributed by atoms with Gasteiger partial charge in [0.2, 0.25) is 5.91 Å². The van der Waals surface area contributed by atoms with Crippen molar-refractivity contribution >= 4 is 27.7 Å². The van der Waals surface area contributed by atoms with Gasteiger partial charge in [-0.25, -0.2) is 0 Å². The van der Waals surface area contributed by atoms with Gasteiger partial charge in [0.1, 0.15) is 0 Å². The highest BCUT2D eigenvalue weighted by molar-refractivity contribution is 6.17. The summed E-state index contributed by atoms with van der Waals surface area (Å²) in [6, 6.07) is 25.1. The lowest BCUT2D eigenvalue weighted by Crippen LogP contribution is -2.11. The number of benzene rings is 3. The van der Waals surface area contributed by atoms with Gasteiger partial charge in [0.05, 0.1) is 11.0 Å². The lowest BCUT2D eigenvalue weighted by atomic mass is 10.1. The Morgan fingerprint density at radius 2 is 1.74 bits per heavy atom. The second-order valence-corrected chi connectivity index (χ2v) is 5.57. The lowest BCUT2D eigenvalue weighted by Gasteiger charge is -2.08. The zero-order valence-electron chi connectivity index (χ0n) is 12.5. The van der Waals surface area contributed by atoms with E-state index in [1.165, 1.54) is 5.56 Å². The van der Waals surface area contributed by atoms with Crippen molar-refractivity contribution in [2.45, 2.75) is 6.54 Å². The SMILES string of the molecule is NC(=O)c1cccc2c1c1[c]cccc1n2Cc1ccccc1. The number of nitrogens with zero attached hydrogens (tertiary/aromatic N) is 1. The zero-order chi connectivity index (χ0) is 15.8. The first-order valence-electron chi connectivity index (χ1n) is 7.51. The third-order valence-corrected chi connectivity index (χ3v) is 4.16. The Morgan fingerprint density at radius 1 is 0.957 bits per heavy atom. The number of amides is 1. The number of carbonyl (C=O) groups is 1. The predicted molar refractivity (Wildman–Crippen MR) is 92.3 cm³/mol. The van der Waals surface area contributed by atoms with Crippen molar-refractivity contribution in [1.82, 2.24) is 4.57 Å². The maximum Gasteiger partial charge on any atom is 0.249 e. The van der Waals surface area contributed by atoms with Gasteiger partial charge < -0.3 is 10.3 Å². The van der Waals surface area contributed by atoms with Crippen molar-refractivity contribution < 1.29 is 4.79 Å². The predicted octanol–water partition coefficient (Wildman–Crippen LogP) is 3.74. The van der Waals surface area contributed by atoms with E-state index in [9.17, 15) is 4.79 Å². The molecule has 0 saturated carbocycles. The number of hydrogen-bond acceptors (Lipinski definition) is 1. The van der Waals surface area contributed by atoms with E-state index in [1.54, 1.807) is 6.07 Å². The third kappa shape index (κ3) is 2.18. The van der Waals surface area contributed by atoms with Crippen LogP contribution in [0.4, 0.5) is 0 Å². The van der Waals surface area contributed by atoms with Gasteiger partial charge >= 0.3 is 0 Å². The van der Waals surface area contributed by atoms with Crippen molar-refractivity contribution in [3.05, 3.63) is 83.9 Å². The van der Waals surface area contributed by atoms with Crippen LogP contribution in [0.25, 0.3) is 21.8 Å². The molecule has 1 heterocycles. The van der Waals surface area contributed by atoms with E-state index in [-0.39, 0.29) is 0 Å². The van der Waals surface area contributed by atoms with Crippen molar-refractivity contribution in [3.63, 3.8) is 0 Å². The normalized spacial score (nSPS) is 11.1. The summed E-state index contributed by atoms with van der Waals surface area (Å²) in [6.45, 7) is 0.737. The van der Waals surface area contributed by atoms with Gasteiger partial charge in [-0.05, 0) is 29.8 Å². The van der Waals surface area contributed by atoms with Crippen molar-refractivity contribution in [2.75, 3.05) is 0 Å². The molecule has 1 aromatic heterocycles. The molecule has 3 heteroatoms. The van der Waals surface area contributed by atoms with Gasteiger partial charge in [0, 0.05) is 22.9 Å². The fourth-order valence-corrected chi connectivity index (χ4v) is 3.15. The minimum atomic E-state index is -0.411. The Bertz CT molecular complexity index is 1020. The molecule has 23 heavy (non-hydrogen) atoms. The molecule has 1 amide bonds. The topological polar surface area (TPSA) is 48.0 Å². The van der Waals surface area contributed by atoms with Crippen LogP contribution in [0.15, 0.2) is 66.7 Å². The molecule has 3 nitrogen and oxygen atoms in total. The Labute approximate surface area is 134 Å². The standard InChI is InChI=1S/C20H15N2O/c21-20(23)16-10-6-12-18-19(16)15-9-4-5-11-17(15)22(18)13-14-7-2-1-3-8-14/h1-8,10-12H,13H2,(H2,21,23). The minimum absolute atomic E-state index is 0.411. The third-order valence-electron chi connectivity index (χ3n) is 4.16. The van der Waals surface area contributed by atoms with Gasteiger partial charge in [0.15, 0.2) is 0 Å². The summed E-state index contributed by atoms with van der Waals surface area (Å²) in [5.74, 6) is -0.411. The summed E-state index contributed by atoms with van der Waals surface area (Å²) in [4.78, 5) is 11.8. The molecule has 0 unspecified atom stereocenters. The van der Waals surface area contributed by atoms with E-state index >= 15 is 0 Å². The number of nitrogens with two attached hydrogens (primary N) is 1. The molecule has 0 atom stereocenters. The summed E-state index contributed by atoms with van der Waals surface area (Å²) in [7, 11) is 0. The fraction of sp³-hybridized carbons (Fsp3) is 0.0500. The molecule has 0 aliphatic rings. The fourth-order valence-electron chi connectivity index (χ4n) is 3.15. The van der Waals surface area contributed by atoms with Crippen LogP contribution < -0.4 is 5.73 Å². The quantitative estimate of drug-likeness (QED) is 0.615. The molecule has 0 saturated heterocycles. The smallest absolute Gasteiger partial charge is 0.249 e. The maximum absolute atomic E-state index is 11.8. The van der Waals surface area contributed by atoms with Gasteiger partial charge in [-0.1, -0.05) is 48.5 Å². The van der Waals surface area contributed by atoms with Crippen LogP contribution in [0.1, 0.15) is 15.9 Å². The monoisotopic (exact) mass is 299 g/mol. The van der Waals surface area contributed by atoms with Crippen molar-refractivity contribution in [3.8, 4) is 0 Å². The number of rotatable bonds is 3. The molecule has 3 aromatic carbocycles. The van der Waals surface area contributed by atoms with E-state index in [0.717, 1.165) is 28.4 Å². The maximum atomic E-state index is 11.8. The summed E-state index contributed by atoms with van der Waals surface area (Å²) in [5.41, 5.74) is 9.38. The summed E-state index contributed by atoms with van der Waals surface area (Å²) in [5, 5.41) is 1.82. The highest BCUT2D eigenvalue weighted by atomic mass is 16.1. The Kier molecular flexibility index (Phi) is 3.12. The molecule has 0 bridgehead atoms. The van der Waals surface area contributed by atoms with Gasteiger partial charge in [-0.3, -0.25) is 4.79 Å². The molecule has 0 aliphatic carbocycles. The molecule has 0 spiro atoms. The van der Waals surface area contributed by atoms with Crippen molar-refractivity contribution in [2.24, 2.45) is 5.73 Å². The number of carbonyl (C=O) groups excluding carboxylic acids is 1. The number of aromatic nitrogens is 1. The number of hydrogen-bond donors (Lipinski definition) is 1. The van der Waals surface area contributed by atoms with Crippen LogP contribution in [-0.2, 0) is 6.54 Å². The number of fused-ring (bicyclic) bond motifs is 3. The first-order valence-corrected chi connectivity index (χ1v) is 7.51. The minimum Gasteiger partial charge on any atom is -0.366 e. The van der Waals surface area contributed by atoms with E-state index < -0.39 is 5.91 Å². The van der Waals surface area contributed by atoms with Crippen LogP contribution in [0.2, 0.25) is 0 Å². The molecule has 0 fully saturated rings. The first-order chi connectivity index (χ1) is 11.3. The average molecular weight is 299 g/mol. The van der Waals surface area contributed by atoms with E-state index in [4.69, 9.17) is 5.73 Å². The molecule has 1 radical (unpaired) electrons. The van der Waals surface area contributed by atoms with Crippen molar-refractivity contribution in [1.29, 1.82) is 0 Å². The van der Waals surface area contributed by atoms with Crippen LogP contribution in [0.5, 0.6) is 0 Å². The zero-order valence-corrected chi connectivity index (χ0v) is 12.5. The summed E-state index contributed by atoms with van der Waals surface area (Å²) in [6.07, 6.45) is 0. The van der Waals surface area contributed by atoms with Crippen LogP contribution in [0, 0.1) is 6.07 Å². The summed E-state index contributed by atoms with van der Waals surface area (Å²) >= 11 is 0. The Morgan fingerprint density at radius 3 is 2.52 bits per heavy atom. The average Bonchev–Trinajstić information content (AvgIpc) is 2.90. The molecule has 111 valence electrons. The molecule has 4 rings (SSSR count). The van der Waals surface area contributed by atoms with E-state index in [1.807, 2.05) is 42.5 Å². The molecular formula is C20H15N2O. The van der Waals surface area contributed by atoms with Gasteiger partial charge in [-0.15, -0.1) is 0 Å². The Hall–Kier alpha value is -3.07. The largest absolute Gasteiger partial charge is 0.366 e. The summed E-state index contributed by atoms with van der Waals surface area (Å²) < 4.78 is 2.21. The molecular weight excluding hydrogens is 284 g/mol.